The van der Waals surface area contributed by atoms with Gasteiger partial charge in [-0.15, -0.1) is 24.0 Å². The van der Waals surface area contributed by atoms with Crippen LogP contribution in [0.1, 0.15) is 28.4 Å². The highest BCUT2D eigenvalue weighted by Gasteiger charge is 2.07. The van der Waals surface area contributed by atoms with E-state index in [1.54, 1.807) is 6.08 Å². The summed E-state index contributed by atoms with van der Waals surface area (Å²) in [5.41, 5.74) is 2.65. The predicted molar refractivity (Wildman–Crippen MR) is 147 cm³/mol. The van der Waals surface area contributed by atoms with Gasteiger partial charge in [0.25, 0.3) is 5.91 Å². The Morgan fingerprint density at radius 3 is 2.64 bits per heavy atom. The molecule has 0 atom stereocenters. The van der Waals surface area contributed by atoms with Gasteiger partial charge in [-0.2, -0.15) is 0 Å². The molecule has 7 nitrogen and oxygen atoms in total. The van der Waals surface area contributed by atoms with Gasteiger partial charge in [-0.3, -0.25) is 4.79 Å². The van der Waals surface area contributed by atoms with Gasteiger partial charge in [0.15, 0.2) is 5.96 Å². The van der Waals surface area contributed by atoms with Crippen LogP contribution >= 0.6 is 24.0 Å². The Bertz CT molecular complexity index is 902. The van der Waals surface area contributed by atoms with Crippen molar-refractivity contribution in [3.63, 3.8) is 0 Å². The smallest absolute Gasteiger partial charge is 0.251 e. The fourth-order valence-corrected chi connectivity index (χ4v) is 2.94. The second-order valence-electron chi connectivity index (χ2n) is 7.52. The molecule has 8 heteroatoms. The molecule has 2 rings (SSSR count). The molecule has 33 heavy (non-hydrogen) atoms. The van der Waals surface area contributed by atoms with E-state index in [1.807, 2.05) is 74.4 Å². The van der Waals surface area contributed by atoms with E-state index < -0.39 is 0 Å². The van der Waals surface area contributed by atoms with Gasteiger partial charge in [-0.25, -0.2) is 4.99 Å². The zero-order chi connectivity index (χ0) is 23.2. The molecule has 1 amide bonds. The normalized spacial score (nSPS) is 10.8. The van der Waals surface area contributed by atoms with E-state index in [9.17, 15) is 4.79 Å². The van der Waals surface area contributed by atoms with Crippen LogP contribution in [-0.2, 0) is 13.1 Å². The number of aliphatic imine (C=N–C) groups is 1. The first-order valence-electron chi connectivity index (χ1n) is 10.9. The highest BCUT2D eigenvalue weighted by molar-refractivity contribution is 14.0. The molecule has 0 unspecified atom stereocenters. The fourth-order valence-electron chi connectivity index (χ4n) is 2.94. The van der Waals surface area contributed by atoms with Crippen LogP contribution in [-0.4, -0.2) is 57.1 Å². The summed E-state index contributed by atoms with van der Waals surface area (Å²) in [6.07, 6.45) is 1.73. The number of benzene rings is 2. The Labute approximate surface area is 214 Å². The minimum atomic E-state index is -0.0705. The Morgan fingerprint density at radius 2 is 1.91 bits per heavy atom. The first-order valence-corrected chi connectivity index (χ1v) is 10.9. The quantitative estimate of drug-likeness (QED) is 0.159. The lowest BCUT2D eigenvalue weighted by Crippen LogP contribution is -2.36. The maximum absolute atomic E-state index is 12.4. The zero-order valence-electron chi connectivity index (χ0n) is 19.8. The molecule has 0 aromatic heterocycles. The molecule has 0 aliphatic rings. The summed E-state index contributed by atoms with van der Waals surface area (Å²) >= 11 is 0. The molecule has 0 aliphatic carbocycles. The molecule has 3 N–H and O–H groups in total. The molecule has 0 fully saturated rings. The van der Waals surface area contributed by atoms with Crippen LogP contribution in [0.25, 0.3) is 0 Å². The molecule has 0 saturated carbocycles. The van der Waals surface area contributed by atoms with Crippen molar-refractivity contribution in [2.24, 2.45) is 4.99 Å². The van der Waals surface area contributed by atoms with Crippen molar-refractivity contribution in [3.05, 3.63) is 77.9 Å². The maximum Gasteiger partial charge on any atom is 0.251 e. The highest BCUT2D eigenvalue weighted by atomic mass is 127. The van der Waals surface area contributed by atoms with Gasteiger partial charge >= 0.3 is 0 Å². The minimum absolute atomic E-state index is 0. The van der Waals surface area contributed by atoms with Crippen molar-refractivity contribution in [2.75, 3.05) is 40.3 Å². The number of rotatable bonds is 12. The number of para-hydroxylation sites is 1. The van der Waals surface area contributed by atoms with E-state index in [-0.39, 0.29) is 29.9 Å². The minimum Gasteiger partial charge on any atom is -0.489 e. The number of likely N-dealkylation sites (N-methyl/N-ethyl adjacent to an activating group) is 1. The van der Waals surface area contributed by atoms with Crippen molar-refractivity contribution in [2.45, 2.75) is 20.0 Å². The summed E-state index contributed by atoms with van der Waals surface area (Å²) < 4.78 is 5.73. The molecule has 2 aromatic rings. The zero-order valence-corrected chi connectivity index (χ0v) is 22.1. The lowest BCUT2D eigenvalue weighted by Gasteiger charge is -2.14. The second-order valence-corrected chi connectivity index (χ2v) is 7.52. The van der Waals surface area contributed by atoms with Gasteiger partial charge in [0.05, 0.1) is 6.54 Å². The Hall–Kier alpha value is -2.59. The Morgan fingerprint density at radius 1 is 1.12 bits per heavy atom. The highest BCUT2D eigenvalue weighted by Crippen LogP contribution is 2.17. The number of amides is 1. The third kappa shape index (κ3) is 10.7. The monoisotopic (exact) mass is 565 g/mol. The van der Waals surface area contributed by atoms with E-state index >= 15 is 0 Å². The van der Waals surface area contributed by atoms with Crippen LogP contribution in [0.2, 0.25) is 0 Å². The molecular weight excluding hydrogens is 529 g/mol. The largest absolute Gasteiger partial charge is 0.489 e. The van der Waals surface area contributed by atoms with Crippen LogP contribution in [0.4, 0.5) is 0 Å². The first kappa shape index (κ1) is 28.4. The number of halogens is 1. The molecule has 0 bridgehead atoms. The average Bonchev–Trinajstić information content (AvgIpc) is 2.80. The summed E-state index contributed by atoms with van der Waals surface area (Å²) in [4.78, 5) is 19.1. The molecule has 2 aromatic carbocycles. The van der Waals surface area contributed by atoms with Crippen molar-refractivity contribution >= 4 is 35.8 Å². The molecule has 0 saturated heterocycles. The van der Waals surface area contributed by atoms with Crippen LogP contribution < -0.4 is 20.7 Å². The van der Waals surface area contributed by atoms with Crippen molar-refractivity contribution < 1.29 is 9.53 Å². The van der Waals surface area contributed by atoms with Gasteiger partial charge in [0.1, 0.15) is 12.4 Å². The summed E-state index contributed by atoms with van der Waals surface area (Å²) in [6.45, 7) is 9.38. The predicted octanol–water partition coefficient (Wildman–Crippen LogP) is 3.42. The topological polar surface area (TPSA) is 78.0 Å². The summed E-state index contributed by atoms with van der Waals surface area (Å²) in [5, 5.41) is 9.55. The lowest BCUT2D eigenvalue weighted by molar-refractivity contribution is 0.0951. The number of hydrogen-bond acceptors (Lipinski definition) is 4. The number of guanidine groups is 1. The van der Waals surface area contributed by atoms with Crippen molar-refractivity contribution in [1.82, 2.24) is 20.9 Å². The van der Waals surface area contributed by atoms with Gasteiger partial charge < -0.3 is 25.6 Å². The van der Waals surface area contributed by atoms with E-state index in [1.165, 1.54) is 0 Å². The lowest BCUT2D eigenvalue weighted by atomic mass is 10.1. The number of carbonyl (C=O) groups excluding carboxylic acids is 1. The fraction of sp³-hybridized carbons (Fsp3) is 0.360. The molecule has 0 radical (unpaired) electrons. The summed E-state index contributed by atoms with van der Waals surface area (Å²) in [5.74, 6) is 1.45. The van der Waals surface area contributed by atoms with Crippen LogP contribution in [0, 0.1) is 0 Å². The maximum atomic E-state index is 12.4. The third-order valence-corrected chi connectivity index (χ3v) is 4.57. The summed E-state index contributed by atoms with van der Waals surface area (Å²) in [7, 11) is 3.96. The Balaban J connectivity index is 0.00000544. The number of carbonyl (C=O) groups is 1. The standard InChI is InChI=1S/C25H35N5O2.HI/c1-5-16-32-23-13-8-7-11-22(23)19-29-25(26-6-2)28-18-20-10-9-12-21(17-20)24(31)27-14-15-30(3)4;/h5,7-13,17H,1,6,14-16,18-19H2,2-4H3,(H,27,31)(H2,26,28,29);1H. The first-order chi connectivity index (χ1) is 15.5. The van der Waals surface area contributed by atoms with Gasteiger partial charge in [0.2, 0.25) is 0 Å². The number of ether oxygens (including phenoxy) is 1. The second kappa shape index (κ2) is 16.1. The molecule has 0 spiro atoms. The van der Waals surface area contributed by atoms with Crippen molar-refractivity contribution in [3.8, 4) is 5.75 Å². The number of nitrogens with zero attached hydrogens (tertiary/aromatic N) is 2. The van der Waals surface area contributed by atoms with Gasteiger partial charge in [0, 0.05) is 37.3 Å². The Kier molecular flexibility index (Phi) is 13.9. The van der Waals surface area contributed by atoms with E-state index in [0.29, 0.717) is 37.8 Å². The van der Waals surface area contributed by atoms with E-state index in [2.05, 4.69) is 27.5 Å². The SMILES string of the molecule is C=CCOc1ccccc1CNC(=NCc1cccc(C(=O)NCCN(C)C)c1)NCC.I. The van der Waals surface area contributed by atoms with E-state index in [0.717, 1.165) is 30.0 Å². The van der Waals surface area contributed by atoms with Gasteiger partial charge in [-0.05, 0) is 44.8 Å². The molecule has 0 heterocycles. The third-order valence-electron chi connectivity index (χ3n) is 4.57. The number of hydrogen-bond donors (Lipinski definition) is 3. The number of nitrogens with one attached hydrogen (secondary N) is 3. The van der Waals surface area contributed by atoms with Crippen molar-refractivity contribution in [1.29, 1.82) is 0 Å². The molecule has 180 valence electrons. The van der Waals surface area contributed by atoms with Crippen LogP contribution in [0.15, 0.2) is 66.2 Å². The van der Waals surface area contributed by atoms with Gasteiger partial charge in [-0.1, -0.05) is 43.0 Å². The average molecular weight is 566 g/mol. The summed E-state index contributed by atoms with van der Waals surface area (Å²) in [6, 6.07) is 15.5. The molecule has 0 aliphatic heterocycles. The van der Waals surface area contributed by atoms with Crippen LogP contribution in [0.3, 0.4) is 0 Å². The van der Waals surface area contributed by atoms with E-state index in [4.69, 9.17) is 4.74 Å². The molecular formula is C25H36IN5O2. The van der Waals surface area contributed by atoms with Crippen LogP contribution in [0.5, 0.6) is 5.75 Å².